The van der Waals surface area contributed by atoms with Crippen molar-refractivity contribution in [3.63, 3.8) is 0 Å². The second-order valence-corrected chi connectivity index (χ2v) is 6.81. The van der Waals surface area contributed by atoms with Crippen LogP contribution in [-0.4, -0.2) is 24.4 Å². The number of anilines is 1. The first-order valence-corrected chi connectivity index (χ1v) is 9.02. The molecule has 1 heterocycles. The molecule has 1 fully saturated rings. The van der Waals surface area contributed by atoms with E-state index >= 15 is 0 Å². The second-order valence-electron chi connectivity index (χ2n) is 6.81. The Morgan fingerprint density at radius 2 is 1.88 bits per heavy atom. The summed E-state index contributed by atoms with van der Waals surface area (Å²) in [6.07, 6.45) is 1.68. The highest BCUT2D eigenvalue weighted by Crippen LogP contribution is 2.22. The minimum absolute atomic E-state index is 0.0539. The summed E-state index contributed by atoms with van der Waals surface area (Å²) in [7, 11) is 0. The maximum Gasteiger partial charge on any atom is 0.249 e. The van der Waals surface area contributed by atoms with E-state index in [-0.39, 0.29) is 24.3 Å². The van der Waals surface area contributed by atoms with Crippen LogP contribution in [-0.2, 0) is 9.59 Å². The highest BCUT2D eigenvalue weighted by atomic mass is 16.2. The largest absolute Gasteiger partial charge is 0.344 e. The molecule has 0 bridgehead atoms. The third kappa shape index (κ3) is 4.29. The third-order valence-corrected chi connectivity index (χ3v) is 4.75. The summed E-state index contributed by atoms with van der Waals surface area (Å²) in [6.45, 7) is 2.69. The van der Waals surface area contributed by atoms with Crippen LogP contribution in [0.5, 0.6) is 0 Å². The first-order chi connectivity index (χ1) is 12.5. The smallest absolute Gasteiger partial charge is 0.249 e. The van der Waals surface area contributed by atoms with Crippen molar-refractivity contribution in [1.82, 2.24) is 5.32 Å². The lowest BCUT2D eigenvalue weighted by atomic mass is 10.0. The highest BCUT2D eigenvalue weighted by Gasteiger charge is 2.31. The molecule has 2 aromatic rings. The van der Waals surface area contributed by atoms with E-state index in [0.717, 1.165) is 23.2 Å². The minimum Gasteiger partial charge on any atom is -0.344 e. The summed E-state index contributed by atoms with van der Waals surface area (Å²) >= 11 is 0. The highest BCUT2D eigenvalue weighted by molar-refractivity contribution is 5.99. The zero-order valence-corrected chi connectivity index (χ0v) is 15.0. The van der Waals surface area contributed by atoms with E-state index < -0.39 is 6.04 Å². The number of carbonyl (C=O) groups excluding carboxylic acids is 2. The van der Waals surface area contributed by atoms with Crippen molar-refractivity contribution >= 4 is 17.5 Å². The molecular weight excluding hydrogens is 326 g/mol. The fraction of sp³-hybridized carbons (Fsp3) is 0.333. The van der Waals surface area contributed by atoms with E-state index in [9.17, 15) is 9.59 Å². The molecule has 0 aromatic heterocycles. The molecule has 3 rings (SSSR count). The Bertz CT molecular complexity index is 759. The Balaban J connectivity index is 1.61. The monoisotopic (exact) mass is 351 g/mol. The van der Waals surface area contributed by atoms with Gasteiger partial charge in [0, 0.05) is 24.7 Å². The van der Waals surface area contributed by atoms with Gasteiger partial charge in [-0.2, -0.15) is 0 Å². The topological polar surface area (TPSA) is 75.4 Å². The molecule has 0 radical (unpaired) electrons. The van der Waals surface area contributed by atoms with Crippen molar-refractivity contribution < 1.29 is 9.59 Å². The van der Waals surface area contributed by atoms with Gasteiger partial charge in [0.1, 0.15) is 6.04 Å². The normalized spacial score (nSPS) is 18.5. The standard InChI is InChI=1S/C21H25N3O2/c1-15-9-11-17(12-10-15)24-13-5-8-19(21(24)26)23-20(25)14-18(22)16-6-3-2-4-7-16/h2-4,6-7,9-12,18-19H,5,8,13-14,22H2,1H3,(H,23,25). The van der Waals surface area contributed by atoms with E-state index in [1.54, 1.807) is 4.90 Å². The molecule has 0 saturated carbocycles. The fourth-order valence-electron chi connectivity index (χ4n) is 3.26. The Morgan fingerprint density at radius 1 is 1.19 bits per heavy atom. The number of benzene rings is 2. The maximum atomic E-state index is 12.8. The van der Waals surface area contributed by atoms with E-state index in [4.69, 9.17) is 5.73 Å². The third-order valence-electron chi connectivity index (χ3n) is 4.75. The van der Waals surface area contributed by atoms with Gasteiger partial charge in [-0.25, -0.2) is 0 Å². The molecule has 0 aliphatic carbocycles. The molecule has 2 unspecified atom stereocenters. The van der Waals surface area contributed by atoms with Crippen molar-refractivity contribution in [2.45, 2.75) is 38.3 Å². The van der Waals surface area contributed by atoms with E-state index in [1.165, 1.54) is 0 Å². The summed E-state index contributed by atoms with van der Waals surface area (Å²) in [4.78, 5) is 26.9. The van der Waals surface area contributed by atoms with Crippen LogP contribution in [0.25, 0.3) is 0 Å². The van der Waals surface area contributed by atoms with Gasteiger partial charge in [-0.15, -0.1) is 0 Å². The van der Waals surface area contributed by atoms with Gasteiger partial charge in [-0.1, -0.05) is 48.0 Å². The van der Waals surface area contributed by atoms with Gasteiger partial charge < -0.3 is 16.0 Å². The molecule has 5 heteroatoms. The molecule has 1 aliphatic rings. The van der Waals surface area contributed by atoms with Gasteiger partial charge in [-0.3, -0.25) is 9.59 Å². The van der Waals surface area contributed by atoms with E-state index in [2.05, 4.69) is 5.32 Å². The Hall–Kier alpha value is -2.66. The van der Waals surface area contributed by atoms with E-state index in [0.29, 0.717) is 13.0 Å². The SMILES string of the molecule is Cc1ccc(N2CCCC(NC(=O)CC(N)c3ccccc3)C2=O)cc1. The van der Waals surface area contributed by atoms with Crippen LogP contribution in [0.1, 0.15) is 36.4 Å². The zero-order valence-electron chi connectivity index (χ0n) is 15.0. The van der Waals surface area contributed by atoms with Crippen LogP contribution in [0.4, 0.5) is 5.69 Å². The minimum atomic E-state index is -0.486. The summed E-state index contributed by atoms with van der Waals surface area (Å²) in [5.41, 5.74) is 9.05. The van der Waals surface area contributed by atoms with Crippen molar-refractivity contribution in [1.29, 1.82) is 0 Å². The molecule has 0 spiro atoms. The van der Waals surface area contributed by atoms with Crippen LogP contribution in [0.15, 0.2) is 54.6 Å². The quantitative estimate of drug-likeness (QED) is 0.870. The van der Waals surface area contributed by atoms with Crippen LogP contribution < -0.4 is 16.0 Å². The van der Waals surface area contributed by atoms with Gasteiger partial charge in [0.15, 0.2) is 0 Å². The molecule has 2 atom stereocenters. The number of hydrogen-bond donors (Lipinski definition) is 2. The molecule has 2 aromatic carbocycles. The van der Waals surface area contributed by atoms with Crippen molar-refractivity contribution in [3.8, 4) is 0 Å². The van der Waals surface area contributed by atoms with Crippen LogP contribution >= 0.6 is 0 Å². The molecule has 5 nitrogen and oxygen atoms in total. The molecular formula is C21H25N3O2. The number of nitrogens with two attached hydrogens (primary N) is 1. The Morgan fingerprint density at radius 3 is 2.58 bits per heavy atom. The van der Waals surface area contributed by atoms with Gasteiger partial charge >= 0.3 is 0 Å². The summed E-state index contributed by atoms with van der Waals surface area (Å²) in [5.74, 6) is -0.243. The number of piperidine rings is 1. The number of aryl methyl sites for hydroxylation is 1. The zero-order chi connectivity index (χ0) is 18.5. The maximum absolute atomic E-state index is 12.8. The van der Waals surface area contributed by atoms with Crippen LogP contribution in [0.3, 0.4) is 0 Å². The Labute approximate surface area is 154 Å². The van der Waals surface area contributed by atoms with Crippen molar-refractivity contribution in [3.05, 3.63) is 65.7 Å². The summed E-state index contributed by atoms with van der Waals surface area (Å²) in [6, 6.07) is 16.5. The first kappa shape index (κ1) is 18.1. The lowest BCUT2D eigenvalue weighted by molar-refractivity contribution is -0.128. The predicted octanol–water partition coefficient (Wildman–Crippen LogP) is 2.70. The number of rotatable bonds is 5. The predicted molar refractivity (Wildman–Crippen MR) is 103 cm³/mol. The fourth-order valence-corrected chi connectivity index (χ4v) is 3.26. The van der Waals surface area contributed by atoms with Gasteiger partial charge in [0.25, 0.3) is 0 Å². The summed E-state index contributed by atoms with van der Waals surface area (Å²) in [5, 5.41) is 2.87. The lowest BCUT2D eigenvalue weighted by Gasteiger charge is -2.33. The van der Waals surface area contributed by atoms with E-state index in [1.807, 2.05) is 61.5 Å². The lowest BCUT2D eigenvalue weighted by Crippen LogP contribution is -2.52. The number of nitrogens with zero attached hydrogens (tertiary/aromatic N) is 1. The first-order valence-electron chi connectivity index (χ1n) is 9.02. The molecule has 1 saturated heterocycles. The van der Waals surface area contributed by atoms with Crippen LogP contribution in [0.2, 0.25) is 0 Å². The number of carbonyl (C=O) groups is 2. The van der Waals surface area contributed by atoms with Crippen LogP contribution in [0, 0.1) is 6.92 Å². The van der Waals surface area contributed by atoms with Crippen molar-refractivity contribution in [2.75, 3.05) is 11.4 Å². The number of amides is 2. The molecule has 1 aliphatic heterocycles. The van der Waals surface area contributed by atoms with Gasteiger partial charge in [-0.05, 0) is 37.5 Å². The van der Waals surface area contributed by atoms with Gasteiger partial charge in [0.2, 0.25) is 11.8 Å². The summed E-state index contributed by atoms with van der Waals surface area (Å²) < 4.78 is 0. The second kappa shape index (κ2) is 8.15. The number of hydrogen-bond acceptors (Lipinski definition) is 3. The molecule has 3 N–H and O–H groups in total. The van der Waals surface area contributed by atoms with Gasteiger partial charge in [0.05, 0.1) is 0 Å². The molecule has 26 heavy (non-hydrogen) atoms. The molecule has 2 amide bonds. The Kier molecular flexibility index (Phi) is 5.68. The average Bonchev–Trinajstić information content (AvgIpc) is 2.65. The number of nitrogens with one attached hydrogen (secondary N) is 1. The molecule has 136 valence electrons. The van der Waals surface area contributed by atoms with Crippen molar-refractivity contribution in [2.24, 2.45) is 5.73 Å². The average molecular weight is 351 g/mol.